The van der Waals surface area contributed by atoms with Gasteiger partial charge in [0.2, 0.25) is 5.91 Å². The second kappa shape index (κ2) is 6.36. The van der Waals surface area contributed by atoms with Crippen LogP contribution in [-0.4, -0.2) is 20.1 Å². The third kappa shape index (κ3) is 4.37. The Morgan fingerprint density at radius 2 is 1.81 bits per heavy atom. The van der Waals surface area contributed by atoms with Crippen molar-refractivity contribution >= 4 is 37.4 Å². The topological polar surface area (TPSA) is 63.2 Å². The zero-order valence-corrected chi connectivity index (χ0v) is 13.1. The number of rotatable bonds is 4. The van der Waals surface area contributed by atoms with Crippen molar-refractivity contribution in [2.45, 2.75) is 4.90 Å². The minimum atomic E-state index is -3.80. The fraction of sp³-hybridized carbons (Fsp3) is 0.0714. The van der Waals surface area contributed by atoms with Crippen molar-refractivity contribution in [3.63, 3.8) is 0 Å². The molecule has 4 nitrogen and oxygen atoms in total. The van der Waals surface area contributed by atoms with Crippen LogP contribution in [-0.2, 0) is 14.6 Å². The molecule has 0 heterocycles. The zero-order valence-electron chi connectivity index (χ0n) is 10.7. The summed E-state index contributed by atoms with van der Waals surface area (Å²) in [6.45, 7) is 0. The Hall–Kier alpha value is -1.73. The van der Waals surface area contributed by atoms with E-state index in [1.54, 1.807) is 24.3 Å². The molecule has 21 heavy (non-hydrogen) atoms. The summed E-state index contributed by atoms with van der Waals surface area (Å²) in [5, 5.41) is 2.50. The molecule has 1 N–H and O–H groups in total. The lowest BCUT2D eigenvalue weighted by atomic mass is 10.3. The maximum absolute atomic E-state index is 12.8. The van der Waals surface area contributed by atoms with Crippen LogP contribution in [0.1, 0.15) is 0 Å². The van der Waals surface area contributed by atoms with Crippen molar-refractivity contribution in [2.24, 2.45) is 0 Å². The number of halogens is 2. The van der Waals surface area contributed by atoms with Crippen LogP contribution in [0.3, 0.4) is 0 Å². The van der Waals surface area contributed by atoms with Gasteiger partial charge < -0.3 is 5.32 Å². The molecule has 0 radical (unpaired) electrons. The maximum atomic E-state index is 12.8. The van der Waals surface area contributed by atoms with Gasteiger partial charge >= 0.3 is 0 Å². The Balaban J connectivity index is 2.09. The van der Waals surface area contributed by atoms with E-state index in [0.717, 1.165) is 28.7 Å². The first-order valence-electron chi connectivity index (χ1n) is 5.90. The monoisotopic (exact) mass is 371 g/mol. The Kier molecular flexibility index (Phi) is 4.74. The Morgan fingerprint density at radius 1 is 1.14 bits per heavy atom. The van der Waals surface area contributed by atoms with Gasteiger partial charge in [0.25, 0.3) is 0 Å². The Morgan fingerprint density at radius 3 is 2.43 bits per heavy atom. The van der Waals surface area contributed by atoms with E-state index in [4.69, 9.17) is 0 Å². The SMILES string of the molecule is O=C(CS(=O)(=O)c1ccc(F)cc1)Nc1cccc(Br)c1. The molecule has 0 aliphatic rings. The highest BCUT2D eigenvalue weighted by Crippen LogP contribution is 2.16. The molecule has 110 valence electrons. The number of hydrogen-bond acceptors (Lipinski definition) is 3. The molecule has 7 heteroatoms. The molecule has 0 saturated heterocycles. The first-order valence-corrected chi connectivity index (χ1v) is 8.35. The van der Waals surface area contributed by atoms with Gasteiger partial charge in [0.1, 0.15) is 11.6 Å². The molecule has 0 aromatic heterocycles. The van der Waals surface area contributed by atoms with Crippen LogP contribution >= 0.6 is 15.9 Å². The van der Waals surface area contributed by atoms with E-state index in [1.165, 1.54) is 0 Å². The first kappa shape index (κ1) is 15.7. The van der Waals surface area contributed by atoms with Crippen LogP contribution in [0.5, 0.6) is 0 Å². The molecule has 0 atom stereocenters. The molecule has 0 spiro atoms. The van der Waals surface area contributed by atoms with Gasteiger partial charge in [-0.3, -0.25) is 4.79 Å². The number of anilines is 1. The van der Waals surface area contributed by atoms with E-state index in [1.807, 2.05) is 0 Å². The largest absolute Gasteiger partial charge is 0.325 e. The van der Waals surface area contributed by atoms with Gasteiger partial charge in [-0.05, 0) is 42.5 Å². The lowest BCUT2D eigenvalue weighted by Crippen LogP contribution is -2.23. The normalized spacial score (nSPS) is 11.1. The second-order valence-corrected chi connectivity index (χ2v) is 7.18. The summed E-state index contributed by atoms with van der Waals surface area (Å²) in [6.07, 6.45) is 0. The average molecular weight is 372 g/mol. The molecule has 1 amide bonds. The summed E-state index contributed by atoms with van der Waals surface area (Å²) in [5.74, 6) is -1.89. The van der Waals surface area contributed by atoms with Crippen molar-refractivity contribution < 1.29 is 17.6 Å². The third-order valence-corrected chi connectivity index (χ3v) is 4.73. The summed E-state index contributed by atoms with van der Waals surface area (Å²) in [4.78, 5) is 11.7. The third-order valence-electron chi connectivity index (χ3n) is 2.60. The number of sulfone groups is 1. The van der Waals surface area contributed by atoms with Crippen molar-refractivity contribution in [3.05, 3.63) is 58.8 Å². The molecule has 2 aromatic rings. The van der Waals surface area contributed by atoms with Gasteiger partial charge in [-0.25, -0.2) is 12.8 Å². The Labute approximate surface area is 130 Å². The minimum Gasteiger partial charge on any atom is -0.325 e. The van der Waals surface area contributed by atoms with Crippen LogP contribution in [0, 0.1) is 5.82 Å². The van der Waals surface area contributed by atoms with Gasteiger partial charge in [-0.1, -0.05) is 22.0 Å². The lowest BCUT2D eigenvalue weighted by molar-refractivity contribution is -0.113. The lowest BCUT2D eigenvalue weighted by Gasteiger charge is -2.07. The van der Waals surface area contributed by atoms with Crippen LogP contribution in [0.25, 0.3) is 0 Å². The smallest absolute Gasteiger partial charge is 0.239 e. The summed E-state index contributed by atoms with van der Waals surface area (Å²) in [7, 11) is -3.80. The van der Waals surface area contributed by atoms with Crippen LogP contribution in [0.2, 0.25) is 0 Å². The van der Waals surface area contributed by atoms with E-state index in [9.17, 15) is 17.6 Å². The summed E-state index contributed by atoms with van der Waals surface area (Å²) < 4.78 is 37.6. The molecule has 2 rings (SSSR count). The van der Waals surface area contributed by atoms with Gasteiger partial charge in [0, 0.05) is 10.2 Å². The number of carbonyl (C=O) groups is 1. The van der Waals surface area contributed by atoms with Crippen molar-refractivity contribution in [1.29, 1.82) is 0 Å². The number of amides is 1. The number of hydrogen-bond donors (Lipinski definition) is 1. The van der Waals surface area contributed by atoms with E-state index >= 15 is 0 Å². The molecule has 0 fully saturated rings. The van der Waals surface area contributed by atoms with Crippen LogP contribution in [0.15, 0.2) is 57.9 Å². The number of nitrogens with one attached hydrogen (secondary N) is 1. The fourth-order valence-corrected chi connectivity index (χ4v) is 3.20. The van der Waals surface area contributed by atoms with Crippen molar-refractivity contribution in [3.8, 4) is 0 Å². The molecule has 0 aliphatic carbocycles. The van der Waals surface area contributed by atoms with Crippen LogP contribution < -0.4 is 5.32 Å². The highest BCUT2D eigenvalue weighted by Gasteiger charge is 2.19. The molecule has 0 unspecified atom stereocenters. The molecular weight excluding hydrogens is 361 g/mol. The molecule has 0 aliphatic heterocycles. The average Bonchev–Trinajstić information content (AvgIpc) is 2.38. The molecule has 0 saturated carbocycles. The van der Waals surface area contributed by atoms with Crippen LogP contribution in [0.4, 0.5) is 10.1 Å². The minimum absolute atomic E-state index is 0.0895. The molecule has 0 bridgehead atoms. The fourth-order valence-electron chi connectivity index (χ4n) is 1.66. The Bertz CT molecular complexity index is 760. The zero-order chi connectivity index (χ0) is 15.5. The number of benzene rings is 2. The standard InChI is InChI=1S/C14H11BrFNO3S/c15-10-2-1-3-12(8-10)17-14(18)9-21(19,20)13-6-4-11(16)5-7-13/h1-8H,9H2,(H,17,18). The van der Waals surface area contributed by atoms with Gasteiger partial charge in [0.05, 0.1) is 4.90 Å². The van der Waals surface area contributed by atoms with Gasteiger partial charge in [-0.2, -0.15) is 0 Å². The highest BCUT2D eigenvalue weighted by molar-refractivity contribution is 9.10. The molecule has 2 aromatic carbocycles. The first-order chi connectivity index (χ1) is 9.87. The number of carbonyl (C=O) groups excluding carboxylic acids is 1. The van der Waals surface area contributed by atoms with E-state index < -0.39 is 27.3 Å². The van der Waals surface area contributed by atoms with E-state index in [0.29, 0.717) is 5.69 Å². The highest BCUT2D eigenvalue weighted by atomic mass is 79.9. The van der Waals surface area contributed by atoms with Crippen molar-refractivity contribution in [1.82, 2.24) is 0 Å². The van der Waals surface area contributed by atoms with E-state index in [2.05, 4.69) is 21.2 Å². The summed E-state index contributed by atoms with van der Waals surface area (Å²) >= 11 is 3.25. The quantitative estimate of drug-likeness (QED) is 0.840. The van der Waals surface area contributed by atoms with E-state index in [-0.39, 0.29) is 4.90 Å². The predicted molar refractivity (Wildman–Crippen MR) is 81.2 cm³/mol. The second-order valence-electron chi connectivity index (χ2n) is 4.27. The summed E-state index contributed by atoms with van der Waals surface area (Å²) in [5.41, 5.74) is 0.490. The maximum Gasteiger partial charge on any atom is 0.239 e. The molecular formula is C14H11BrFNO3S. The summed E-state index contributed by atoms with van der Waals surface area (Å²) in [6, 6.07) is 11.2. The van der Waals surface area contributed by atoms with Gasteiger partial charge in [0.15, 0.2) is 9.84 Å². The predicted octanol–water partition coefficient (Wildman–Crippen LogP) is 3.00. The van der Waals surface area contributed by atoms with Crippen molar-refractivity contribution in [2.75, 3.05) is 11.1 Å². The van der Waals surface area contributed by atoms with Gasteiger partial charge in [-0.15, -0.1) is 0 Å².